The van der Waals surface area contributed by atoms with Crippen molar-refractivity contribution in [2.24, 2.45) is 5.92 Å². The van der Waals surface area contributed by atoms with Crippen LogP contribution in [-0.2, 0) is 0 Å². The van der Waals surface area contributed by atoms with E-state index >= 15 is 0 Å². The van der Waals surface area contributed by atoms with Crippen molar-refractivity contribution in [1.82, 2.24) is 10.2 Å². The fourth-order valence-electron chi connectivity index (χ4n) is 2.61. The first-order valence-electron chi connectivity index (χ1n) is 6.42. The molecule has 2 rings (SSSR count). The monoisotopic (exact) mass is 228 g/mol. The Morgan fingerprint density at radius 3 is 3.07 bits per heavy atom. The number of hydrogen-bond donors (Lipinski definition) is 1. The van der Waals surface area contributed by atoms with Gasteiger partial charge in [-0.1, -0.05) is 6.92 Å². The highest BCUT2D eigenvalue weighted by molar-refractivity contribution is 7.99. The van der Waals surface area contributed by atoms with E-state index in [0.717, 1.165) is 12.0 Å². The molecule has 2 fully saturated rings. The molecule has 2 atom stereocenters. The standard InChI is InChI=1S/C12H24N2S/c1-2-5-13-12-3-6-14(9-12)8-11-4-7-15-10-11/h11-13H,2-10H2,1H3. The van der Waals surface area contributed by atoms with Gasteiger partial charge in [0.1, 0.15) is 0 Å². The minimum absolute atomic E-state index is 0.777. The fraction of sp³-hybridized carbons (Fsp3) is 1.00. The van der Waals surface area contributed by atoms with E-state index in [9.17, 15) is 0 Å². The van der Waals surface area contributed by atoms with Crippen molar-refractivity contribution >= 4 is 11.8 Å². The maximum atomic E-state index is 3.64. The van der Waals surface area contributed by atoms with Gasteiger partial charge >= 0.3 is 0 Å². The lowest BCUT2D eigenvalue weighted by atomic mass is 10.1. The second kappa shape index (κ2) is 6.12. The van der Waals surface area contributed by atoms with Crippen LogP contribution in [-0.4, -0.2) is 48.6 Å². The van der Waals surface area contributed by atoms with E-state index in [1.807, 2.05) is 0 Å². The molecule has 0 aromatic carbocycles. The molecule has 0 aromatic rings. The van der Waals surface area contributed by atoms with Crippen LogP contribution in [0.2, 0.25) is 0 Å². The zero-order chi connectivity index (χ0) is 10.5. The van der Waals surface area contributed by atoms with Crippen molar-refractivity contribution in [2.75, 3.05) is 37.7 Å². The summed E-state index contributed by atoms with van der Waals surface area (Å²) in [5.41, 5.74) is 0. The van der Waals surface area contributed by atoms with E-state index in [1.54, 1.807) is 0 Å². The molecule has 2 aliphatic heterocycles. The molecule has 88 valence electrons. The molecular weight excluding hydrogens is 204 g/mol. The van der Waals surface area contributed by atoms with Gasteiger partial charge in [-0.3, -0.25) is 0 Å². The Morgan fingerprint density at radius 2 is 2.33 bits per heavy atom. The SMILES string of the molecule is CCCNC1CCN(CC2CCSC2)C1. The Hall–Kier alpha value is 0.270. The molecule has 0 radical (unpaired) electrons. The fourth-order valence-corrected chi connectivity index (χ4v) is 3.88. The van der Waals surface area contributed by atoms with Gasteiger partial charge in [-0.15, -0.1) is 0 Å². The van der Waals surface area contributed by atoms with Crippen LogP contribution in [0, 0.1) is 5.92 Å². The number of nitrogens with one attached hydrogen (secondary N) is 1. The van der Waals surface area contributed by atoms with E-state index in [1.165, 1.54) is 56.9 Å². The van der Waals surface area contributed by atoms with Crippen molar-refractivity contribution < 1.29 is 0 Å². The summed E-state index contributed by atoms with van der Waals surface area (Å²) in [6.45, 7) is 7.41. The first-order chi connectivity index (χ1) is 7.38. The lowest BCUT2D eigenvalue weighted by Gasteiger charge is -2.20. The van der Waals surface area contributed by atoms with E-state index in [0.29, 0.717) is 0 Å². The van der Waals surface area contributed by atoms with Crippen molar-refractivity contribution in [2.45, 2.75) is 32.2 Å². The summed E-state index contributed by atoms with van der Waals surface area (Å²) in [6.07, 6.45) is 4.07. The number of hydrogen-bond acceptors (Lipinski definition) is 3. The van der Waals surface area contributed by atoms with Crippen LogP contribution in [0.15, 0.2) is 0 Å². The number of thioether (sulfide) groups is 1. The van der Waals surface area contributed by atoms with Crippen molar-refractivity contribution in [3.05, 3.63) is 0 Å². The Morgan fingerprint density at radius 1 is 1.40 bits per heavy atom. The van der Waals surface area contributed by atoms with Crippen LogP contribution >= 0.6 is 11.8 Å². The summed E-state index contributed by atoms with van der Waals surface area (Å²) in [4.78, 5) is 2.67. The minimum Gasteiger partial charge on any atom is -0.313 e. The topological polar surface area (TPSA) is 15.3 Å². The molecule has 2 aliphatic rings. The number of nitrogens with zero attached hydrogens (tertiary/aromatic N) is 1. The molecule has 0 saturated carbocycles. The number of rotatable bonds is 5. The lowest BCUT2D eigenvalue weighted by Crippen LogP contribution is -2.34. The molecular formula is C12H24N2S. The van der Waals surface area contributed by atoms with Crippen molar-refractivity contribution in [3.63, 3.8) is 0 Å². The van der Waals surface area contributed by atoms with Crippen LogP contribution in [0.3, 0.4) is 0 Å². The zero-order valence-electron chi connectivity index (χ0n) is 9.87. The summed E-state index contributed by atoms with van der Waals surface area (Å²) in [5.74, 6) is 3.79. The normalized spacial score (nSPS) is 32.6. The highest BCUT2D eigenvalue weighted by Gasteiger charge is 2.25. The number of likely N-dealkylation sites (tertiary alicyclic amines) is 1. The highest BCUT2D eigenvalue weighted by atomic mass is 32.2. The second-order valence-corrected chi connectivity index (χ2v) is 6.08. The van der Waals surface area contributed by atoms with Gasteiger partial charge in [0.05, 0.1) is 0 Å². The third-order valence-electron chi connectivity index (χ3n) is 3.50. The average molecular weight is 228 g/mol. The molecule has 0 amide bonds. The zero-order valence-corrected chi connectivity index (χ0v) is 10.7. The quantitative estimate of drug-likeness (QED) is 0.773. The van der Waals surface area contributed by atoms with Crippen LogP contribution < -0.4 is 5.32 Å². The molecule has 2 nitrogen and oxygen atoms in total. The molecule has 0 aromatic heterocycles. The van der Waals surface area contributed by atoms with Gasteiger partial charge in [-0.05, 0) is 49.8 Å². The summed E-state index contributed by atoms with van der Waals surface area (Å²) in [6, 6.07) is 0.777. The van der Waals surface area contributed by atoms with Crippen molar-refractivity contribution in [1.29, 1.82) is 0 Å². The van der Waals surface area contributed by atoms with Crippen LogP contribution in [0.5, 0.6) is 0 Å². The Labute approximate surface area is 98.2 Å². The predicted octanol–water partition coefficient (Wildman–Crippen LogP) is 1.81. The maximum absolute atomic E-state index is 3.64. The molecule has 0 bridgehead atoms. The van der Waals surface area contributed by atoms with Gasteiger partial charge in [0.25, 0.3) is 0 Å². The molecule has 2 heterocycles. The van der Waals surface area contributed by atoms with Gasteiger partial charge in [0.2, 0.25) is 0 Å². The van der Waals surface area contributed by atoms with Gasteiger partial charge in [0.15, 0.2) is 0 Å². The van der Waals surface area contributed by atoms with Crippen molar-refractivity contribution in [3.8, 4) is 0 Å². The van der Waals surface area contributed by atoms with E-state index in [-0.39, 0.29) is 0 Å². The van der Waals surface area contributed by atoms with Gasteiger partial charge in [-0.2, -0.15) is 11.8 Å². The summed E-state index contributed by atoms with van der Waals surface area (Å²) >= 11 is 2.14. The van der Waals surface area contributed by atoms with Crippen LogP contribution in [0.4, 0.5) is 0 Å². The third-order valence-corrected chi connectivity index (χ3v) is 4.73. The van der Waals surface area contributed by atoms with Gasteiger partial charge in [0, 0.05) is 19.1 Å². The smallest absolute Gasteiger partial charge is 0.0207 e. The third kappa shape index (κ3) is 3.65. The van der Waals surface area contributed by atoms with Crippen LogP contribution in [0.1, 0.15) is 26.2 Å². The van der Waals surface area contributed by atoms with E-state index in [4.69, 9.17) is 0 Å². The first kappa shape index (κ1) is 11.7. The van der Waals surface area contributed by atoms with E-state index in [2.05, 4.69) is 28.9 Å². The first-order valence-corrected chi connectivity index (χ1v) is 7.57. The Balaban J connectivity index is 1.63. The molecule has 0 spiro atoms. The molecule has 3 heteroatoms. The molecule has 1 N–H and O–H groups in total. The molecule has 0 aliphatic carbocycles. The van der Waals surface area contributed by atoms with Gasteiger partial charge in [-0.25, -0.2) is 0 Å². The van der Waals surface area contributed by atoms with Gasteiger partial charge < -0.3 is 10.2 Å². The lowest BCUT2D eigenvalue weighted by molar-refractivity contribution is 0.283. The summed E-state index contributed by atoms with van der Waals surface area (Å²) in [7, 11) is 0. The summed E-state index contributed by atoms with van der Waals surface area (Å²) in [5, 5.41) is 3.64. The highest BCUT2D eigenvalue weighted by Crippen LogP contribution is 2.25. The molecule has 2 saturated heterocycles. The van der Waals surface area contributed by atoms with E-state index < -0.39 is 0 Å². The average Bonchev–Trinajstić information content (AvgIpc) is 2.87. The second-order valence-electron chi connectivity index (χ2n) is 4.93. The molecule has 15 heavy (non-hydrogen) atoms. The maximum Gasteiger partial charge on any atom is 0.0207 e. The summed E-state index contributed by atoms with van der Waals surface area (Å²) < 4.78 is 0. The minimum atomic E-state index is 0.777. The molecule has 2 unspecified atom stereocenters. The Bertz CT molecular complexity index is 180. The predicted molar refractivity (Wildman–Crippen MR) is 68.6 cm³/mol. The Kier molecular flexibility index (Phi) is 4.79. The van der Waals surface area contributed by atoms with Crippen LogP contribution in [0.25, 0.3) is 0 Å². The largest absolute Gasteiger partial charge is 0.313 e.